The van der Waals surface area contributed by atoms with E-state index >= 15 is 0 Å². The maximum Gasteiger partial charge on any atom is 0.0242 e. The second kappa shape index (κ2) is 7.41. The molecule has 1 aliphatic carbocycles. The van der Waals surface area contributed by atoms with E-state index in [9.17, 15) is 0 Å². The lowest BCUT2D eigenvalue weighted by Crippen LogP contribution is -2.35. The summed E-state index contributed by atoms with van der Waals surface area (Å²) in [5.74, 6) is 1.52. The van der Waals surface area contributed by atoms with Crippen LogP contribution in [0.25, 0.3) is 0 Å². The summed E-state index contributed by atoms with van der Waals surface area (Å²) >= 11 is 3.63. The molecule has 2 N–H and O–H groups in total. The third kappa shape index (κ3) is 4.30. The Morgan fingerprint density at radius 2 is 1.89 bits per heavy atom. The lowest BCUT2D eigenvalue weighted by molar-refractivity contribution is 0.170. The number of halogens is 1. The fourth-order valence-corrected chi connectivity index (χ4v) is 3.63. The predicted molar refractivity (Wildman–Crippen MR) is 85.0 cm³/mol. The summed E-state index contributed by atoms with van der Waals surface area (Å²) in [6, 6.07) is 8.49. The Morgan fingerprint density at radius 3 is 2.58 bits per heavy atom. The first kappa shape index (κ1) is 15.0. The fourth-order valence-electron chi connectivity index (χ4n) is 3.22. The van der Waals surface area contributed by atoms with Gasteiger partial charge in [-0.3, -0.25) is 0 Å². The third-order valence-corrected chi connectivity index (χ3v) is 5.09. The number of benzene rings is 1. The Balaban J connectivity index is 1.90. The van der Waals surface area contributed by atoms with Crippen LogP contribution < -0.4 is 5.73 Å². The molecule has 1 fully saturated rings. The van der Waals surface area contributed by atoms with E-state index in [0.29, 0.717) is 0 Å². The van der Waals surface area contributed by atoms with Crippen molar-refractivity contribution in [1.29, 1.82) is 0 Å². The second-order valence-corrected chi connectivity index (χ2v) is 6.68. The average Bonchev–Trinajstić information content (AvgIpc) is 2.42. The number of rotatable bonds is 5. The first-order chi connectivity index (χ1) is 9.20. The molecule has 0 radical (unpaired) electrons. The molecule has 2 rings (SSSR count). The van der Waals surface area contributed by atoms with E-state index in [1.807, 2.05) is 0 Å². The van der Waals surface area contributed by atoms with Crippen LogP contribution in [0.4, 0.5) is 0 Å². The van der Waals surface area contributed by atoms with E-state index in [0.717, 1.165) is 24.9 Å². The minimum absolute atomic E-state index is 0.732. The zero-order chi connectivity index (χ0) is 13.7. The Bertz CT molecular complexity index is 394. The van der Waals surface area contributed by atoms with Gasteiger partial charge in [0.15, 0.2) is 0 Å². The molecule has 1 aliphatic rings. The van der Waals surface area contributed by atoms with Crippen molar-refractivity contribution in [3.63, 3.8) is 0 Å². The van der Waals surface area contributed by atoms with Crippen molar-refractivity contribution < 1.29 is 0 Å². The van der Waals surface area contributed by atoms with E-state index in [1.165, 1.54) is 42.3 Å². The van der Waals surface area contributed by atoms with Crippen molar-refractivity contribution in [2.45, 2.75) is 32.2 Å². The average molecular weight is 325 g/mol. The van der Waals surface area contributed by atoms with Crippen LogP contribution in [-0.2, 0) is 6.54 Å². The van der Waals surface area contributed by atoms with Crippen LogP contribution in [0.3, 0.4) is 0 Å². The minimum atomic E-state index is 0.732. The quantitative estimate of drug-likeness (QED) is 0.895. The van der Waals surface area contributed by atoms with Gasteiger partial charge in [0.1, 0.15) is 0 Å². The lowest BCUT2D eigenvalue weighted by Gasteiger charge is -2.33. The summed E-state index contributed by atoms with van der Waals surface area (Å²) in [5.41, 5.74) is 7.29. The standard InChI is InChI=1S/C16H25BrN2/c1-19(12-15-8-4-5-9-16(15)17)11-14-7-3-2-6-13(14)10-18/h4-5,8-9,13-14H,2-3,6-7,10-12,18H2,1H3. The van der Waals surface area contributed by atoms with Gasteiger partial charge in [-0.1, -0.05) is 47.0 Å². The smallest absolute Gasteiger partial charge is 0.0242 e. The number of nitrogens with two attached hydrogens (primary N) is 1. The van der Waals surface area contributed by atoms with Crippen LogP contribution in [0.1, 0.15) is 31.2 Å². The lowest BCUT2D eigenvalue weighted by atomic mass is 9.79. The molecule has 0 aliphatic heterocycles. The number of hydrogen-bond acceptors (Lipinski definition) is 2. The number of nitrogens with zero attached hydrogens (tertiary/aromatic N) is 1. The molecule has 0 amide bonds. The maximum absolute atomic E-state index is 5.92. The second-order valence-electron chi connectivity index (χ2n) is 5.83. The van der Waals surface area contributed by atoms with E-state index in [2.05, 4.69) is 52.1 Å². The van der Waals surface area contributed by atoms with E-state index in [4.69, 9.17) is 5.73 Å². The Labute approximate surface area is 125 Å². The molecule has 0 heterocycles. The molecular formula is C16H25BrN2. The molecule has 0 bridgehead atoms. The molecule has 1 saturated carbocycles. The summed E-state index contributed by atoms with van der Waals surface area (Å²) in [6.07, 6.45) is 5.42. The van der Waals surface area contributed by atoms with Gasteiger partial charge in [-0.2, -0.15) is 0 Å². The van der Waals surface area contributed by atoms with Gasteiger partial charge >= 0.3 is 0 Å². The largest absolute Gasteiger partial charge is 0.330 e. The minimum Gasteiger partial charge on any atom is -0.330 e. The highest BCUT2D eigenvalue weighted by atomic mass is 79.9. The van der Waals surface area contributed by atoms with Gasteiger partial charge in [-0.15, -0.1) is 0 Å². The van der Waals surface area contributed by atoms with Gasteiger partial charge in [0.2, 0.25) is 0 Å². The maximum atomic E-state index is 5.92. The van der Waals surface area contributed by atoms with Crippen LogP contribution in [0.5, 0.6) is 0 Å². The monoisotopic (exact) mass is 324 g/mol. The third-order valence-electron chi connectivity index (χ3n) is 4.31. The van der Waals surface area contributed by atoms with Gasteiger partial charge in [0.05, 0.1) is 0 Å². The topological polar surface area (TPSA) is 29.3 Å². The summed E-state index contributed by atoms with van der Waals surface area (Å²) in [5, 5.41) is 0. The van der Waals surface area contributed by atoms with Crippen LogP contribution in [0, 0.1) is 11.8 Å². The molecule has 0 spiro atoms. The Hall–Kier alpha value is -0.380. The molecule has 2 nitrogen and oxygen atoms in total. The van der Waals surface area contributed by atoms with E-state index in [1.54, 1.807) is 0 Å². The molecule has 2 unspecified atom stereocenters. The molecule has 106 valence electrons. The van der Waals surface area contributed by atoms with Crippen molar-refractivity contribution in [2.24, 2.45) is 17.6 Å². The van der Waals surface area contributed by atoms with Crippen LogP contribution >= 0.6 is 15.9 Å². The molecule has 1 aromatic rings. The summed E-state index contributed by atoms with van der Waals surface area (Å²) in [4.78, 5) is 2.44. The van der Waals surface area contributed by atoms with Crippen LogP contribution in [-0.4, -0.2) is 25.0 Å². The SMILES string of the molecule is CN(Cc1ccccc1Br)CC1CCCCC1CN. The predicted octanol–water partition coefficient (Wildman–Crippen LogP) is 3.65. The van der Waals surface area contributed by atoms with Gasteiger partial charge in [0, 0.05) is 17.6 Å². The van der Waals surface area contributed by atoms with E-state index < -0.39 is 0 Å². The van der Waals surface area contributed by atoms with Gasteiger partial charge in [-0.25, -0.2) is 0 Å². The van der Waals surface area contributed by atoms with Gasteiger partial charge < -0.3 is 10.6 Å². The molecule has 19 heavy (non-hydrogen) atoms. The van der Waals surface area contributed by atoms with E-state index in [-0.39, 0.29) is 0 Å². The molecule has 0 aromatic heterocycles. The molecule has 3 heteroatoms. The zero-order valence-electron chi connectivity index (χ0n) is 11.8. The number of hydrogen-bond donors (Lipinski definition) is 1. The molecular weight excluding hydrogens is 300 g/mol. The Kier molecular flexibility index (Phi) is 5.86. The van der Waals surface area contributed by atoms with Crippen molar-refractivity contribution >= 4 is 15.9 Å². The highest BCUT2D eigenvalue weighted by Gasteiger charge is 2.24. The zero-order valence-corrected chi connectivity index (χ0v) is 13.4. The summed E-state index contributed by atoms with van der Waals surface area (Å²) < 4.78 is 1.21. The highest BCUT2D eigenvalue weighted by Crippen LogP contribution is 2.30. The van der Waals surface area contributed by atoms with Crippen LogP contribution in [0.15, 0.2) is 28.7 Å². The summed E-state index contributed by atoms with van der Waals surface area (Å²) in [7, 11) is 2.22. The highest BCUT2D eigenvalue weighted by molar-refractivity contribution is 9.10. The first-order valence-electron chi connectivity index (χ1n) is 7.32. The van der Waals surface area contributed by atoms with Crippen molar-refractivity contribution in [3.8, 4) is 0 Å². The normalized spacial score (nSPS) is 23.8. The Morgan fingerprint density at radius 1 is 1.21 bits per heavy atom. The first-order valence-corrected chi connectivity index (χ1v) is 8.12. The van der Waals surface area contributed by atoms with Crippen molar-refractivity contribution in [2.75, 3.05) is 20.1 Å². The van der Waals surface area contributed by atoms with Gasteiger partial charge in [0.25, 0.3) is 0 Å². The van der Waals surface area contributed by atoms with Gasteiger partial charge in [-0.05, 0) is 49.9 Å². The fraction of sp³-hybridized carbons (Fsp3) is 0.625. The van der Waals surface area contributed by atoms with Crippen LogP contribution in [0.2, 0.25) is 0 Å². The molecule has 0 saturated heterocycles. The van der Waals surface area contributed by atoms with Crippen molar-refractivity contribution in [1.82, 2.24) is 4.90 Å². The van der Waals surface area contributed by atoms with Crippen molar-refractivity contribution in [3.05, 3.63) is 34.3 Å². The molecule has 1 aromatic carbocycles. The summed E-state index contributed by atoms with van der Waals surface area (Å²) in [6.45, 7) is 3.03. The molecule has 2 atom stereocenters.